The Bertz CT molecular complexity index is 564. The van der Waals surface area contributed by atoms with Gasteiger partial charge in [0.15, 0.2) is 0 Å². The summed E-state index contributed by atoms with van der Waals surface area (Å²) in [7, 11) is 1.75. The average Bonchev–Trinajstić information content (AvgIpc) is 2.77. The van der Waals surface area contributed by atoms with Crippen LogP contribution in [0.5, 0.6) is 0 Å². The molecule has 0 spiro atoms. The Balaban J connectivity index is 2.22. The molecular weight excluding hydrogens is 233 g/mol. The number of carbonyl (C=O) groups is 1. The molecule has 0 aromatic carbocycles. The molecule has 0 unspecified atom stereocenters. The van der Waals surface area contributed by atoms with Gasteiger partial charge in [0.2, 0.25) is 0 Å². The van der Waals surface area contributed by atoms with Crippen molar-refractivity contribution in [2.75, 3.05) is 13.6 Å². The summed E-state index contributed by atoms with van der Waals surface area (Å²) >= 11 is 0. The molecule has 2 aromatic rings. The molecule has 1 amide bonds. The molecule has 2 aromatic heterocycles. The molecule has 0 bridgehead atoms. The van der Waals surface area contributed by atoms with Crippen LogP contribution in [0.15, 0.2) is 24.5 Å². The summed E-state index contributed by atoms with van der Waals surface area (Å²) in [5, 5.41) is 0. The van der Waals surface area contributed by atoms with Gasteiger partial charge in [-0.15, -0.1) is 0 Å². The van der Waals surface area contributed by atoms with Crippen molar-refractivity contribution in [1.82, 2.24) is 14.3 Å². The number of hydrogen-bond donors (Lipinski definition) is 0. The number of unbranched alkanes of at least 4 members (excludes halogenated alkanes) is 1. The first-order valence-electron chi connectivity index (χ1n) is 6.01. The maximum atomic E-state index is 13.0. The molecule has 0 radical (unpaired) electrons. The Morgan fingerprint density at radius 1 is 1.44 bits per heavy atom. The van der Waals surface area contributed by atoms with Gasteiger partial charge in [-0.25, -0.2) is 9.37 Å². The zero-order valence-corrected chi connectivity index (χ0v) is 10.6. The van der Waals surface area contributed by atoms with E-state index in [1.54, 1.807) is 24.2 Å². The molecule has 0 aliphatic rings. The number of amides is 1. The zero-order chi connectivity index (χ0) is 13.1. The van der Waals surface area contributed by atoms with Crippen LogP contribution in [-0.2, 0) is 0 Å². The number of hydrogen-bond acceptors (Lipinski definition) is 2. The third-order valence-corrected chi connectivity index (χ3v) is 2.83. The number of imidazole rings is 1. The highest BCUT2D eigenvalue weighted by atomic mass is 19.1. The quantitative estimate of drug-likeness (QED) is 0.834. The maximum Gasteiger partial charge on any atom is 0.273 e. The van der Waals surface area contributed by atoms with Crippen LogP contribution in [0.4, 0.5) is 4.39 Å². The highest BCUT2D eigenvalue weighted by molar-refractivity contribution is 5.92. The summed E-state index contributed by atoms with van der Waals surface area (Å²) in [6.07, 6.45) is 4.87. The van der Waals surface area contributed by atoms with Gasteiger partial charge < -0.3 is 9.30 Å². The van der Waals surface area contributed by atoms with Crippen LogP contribution >= 0.6 is 0 Å². The second-order valence-electron chi connectivity index (χ2n) is 4.32. The Hall–Kier alpha value is -1.91. The van der Waals surface area contributed by atoms with E-state index >= 15 is 0 Å². The largest absolute Gasteiger partial charge is 0.340 e. The van der Waals surface area contributed by atoms with Crippen molar-refractivity contribution in [2.45, 2.75) is 19.8 Å². The Morgan fingerprint density at radius 3 is 2.94 bits per heavy atom. The van der Waals surface area contributed by atoms with Crippen molar-refractivity contribution in [3.8, 4) is 0 Å². The Morgan fingerprint density at radius 2 is 2.22 bits per heavy atom. The fraction of sp³-hybridized carbons (Fsp3) is 0.385. The summed E-state index contributed by atoms with van der Waals surface area (Å²) < 4.78 is 14.6. The third-order valence-electron chi connectivity index (χ3n) is 2.83. The van der Waals surface area contributed by atoms with E-state index in [2.05, 4.69) is 11.9 Å². The third kappa shape index (κ3) is 2.50. The van der Waals surface area contributed by atoms with Gasteiger partial charge in [-0.3, -0.25) is 4.79 Å². The number of carbonyl (C=O) groups excluding carboxylic acids is 1. The molecule has 0 aliphatic heterocycles. The maximum absolute atomic E-state index is 13.0. The molecular formula is C13H16FN3O. The Labute approximate surface area is 105 Å². The number of rotatable bonds is 4. The van der Waals surface area contributed by atoms with E-state index in [0.29, 0.717) is 17.9 Å². The lowest BCUT2D eigenvalue weighted by atomic mass is 10.3. The molecule has 0 aliphatic carbocycles. The second kappa shape index (κ2) is 5.16. The highest BCUT2D eigenvalue weighted by Crippen LogP contribution is 2.09. The van der Waals surface area contributed by atoms with E-state index < -0.39 is 0 Å². The van der Waals surface area contributed by atoms with E-state index in [0.717, 1.165) is 12.8 Å². The van der Waals surface area contributed by atoms with Crippen molar-refractivity contribution in [3.05, 3.63) is 36.0 Å². The SMILES string of the molecule is CCCCN(C)C(=O)c1cn2cc(F)ccc2n1. The molecule has 0 saturated carbocycles. The molecule has 0 N–H and O–H groups in total. The molecule has 4 nitrogen and oxygen atoms in total. The van der Waals surface area contributed by atoms with Crippen LogP contribution in [0, 0.1) is 5.82 Å². The van der Waals surface area contributed by atoms with E-state index in [1.807, 2.05) is 0 Å². The van der Waals surface area contributed by atoms with E-state index in [9.17, 15) is 9.18 Å². The molecule has 0 atom stereocenters. The van der Waals surface area contributed by atoms with E-state index in [1.165, 1.54) is 16.7 Å². The summed E-state index contributed by atoms with van der Waals surface area (Å²) in [5.74, 6) is -0.481. The molecule has 96 valence electrons. The fourth-order valence-electron chi connectivity index (χ4n) is 1.76. The van der Waals surface area contributed by atoms with Crippen LogP contribution in [-0.4, -0.2) is 33.8 Å². The minimum absolute atomic E-state index is 0.132. The summed E-state index contributed by atoms with van der Waals surface area (Å²) in [6, 6.07) is 2.88. The lowest BCUT2D eigenvalue weighted by Crippen LogP contribution is -2.27. The van der Waals surface area contributed by atoms with Crippen molar-refractivity contribution >= 4 is 11.6 Å². The number of fused-ring (bicyclic) bond motifs is 1. The predicted molar refractivity (Wildman–Crippen MR) is 67.0 cm³/mol. The first-order chi connectivity index (χ1) is 8.61. The molecule has 0 fully saturated rings. The van der Waals surface area contributed by atoms with Gasteiger partial charge >= 0.3 is 0 Å². The average molecular weight is 249 g/mol. The van der Waals surface area contributed by atoms with Gasteiger partial charge in [-0.2, -0.15) is 0 Å². The first kappa shape index (κ1) is 12.5. The van der Waals surface area contributed by atoms with Crippen LogP contribution in [0.25, 0.3) is 5.65 Å². The minimum atomic E-state index is -0.349. The van der Waals surface area contributed by atoms with Crippen molar-refractivity contribution < 1.29 is 9.18 Å². The van der Waals surface area contributed by atoms with E-state index in [-0.39, 0.29) is 11.7 Å². The smallest absolute Gasteiger partial charge is 0.273 e. The first-order valence-corrected chi connectivity index (χ1v) is 6.01. The molecule has 2 rings (SSSR count). The summed E-state index contributed by atoms with van der Waals surface area (Å²) in [6.45, 7) is 2.78. The van der Waals surface area contributed by atoms with Gasteiger partial charge in [0.1, 0.15) is 17.2 Å². The van der Waals surface area contributed by atoms with Crippen molar-refractivity contribution in [2.24, 2.45) is 0 Å². The van der Waals surface area contributed by atoms with Gasteiger partial charge in [0.25, 0.3) is 5.91 Å². The van der Waals surface area contributed by atoms with Gasteiger partial charge in [0, 0.05) is 26.0 Å². The van der Waals surface area contributed by atoms with Crippen LogP contribution in [0.1, 0.15) is 30.3 Å². The lowest BCUT2D eigenvalue weighted by Gasteiger charge is -2.14. The predicted octanol–water partition coefficient (Wildman–Crippen LogP) is 2.35. The number of pyridine rings is 1. The minimum Gasteiger partial charge on any atom is -0.340 e. The Kier molecular flexibility index (Phi) is 3.60. The van der Waals surface area contributed by atoms with Crippen LogP contribution in [0.2, 0.25) is 0 Å². The standard InChI is InChI=1S/C13H16FN3O/c1-3-4-7-16(2)13(18)11-9-17-8-10(14)5-6-12(17)15-11/h5-6,8-9H,3-4,7H2,1-2H3. The van der Waals surface area contributed by atoms with Gasteiger partial charge in [-0.1, -0.05) is 13.3 Å². The van der Waals surface area contributed by atoms with Gasteiger partial charge in [-0.05, 0) is 18.6 Å². The number of aromatic nitrogens is 2. The molecule has 0 saturated heterocycles. The summed E-state index contributed by atoms with van der Waals surface area (Å²) in [5.41, 5.74) is 0.919. The fourth-order valence-corrected chi connectivity index (χ4v) is 1.76. The zero-order valence-electron chi connectivity index (χ0n) is 10.6. The summed E-state index contributed by atoms with van der Waals surface area (Å²) in [4.78, 5) is 17.9. The monoisotopic (exact) mass is 249 g/mol. The highest BCUT2D eigenvalue weighted by Gasteiger charge is 2.15. The van der Waals surface area contributed by atoms with Gasteiger partial charge in [0.05, 0.1) is 0 Å². The van der Waals surface area contributed by atoms with Crippen LogP contribution < -0.4 is 0 Å². The molecule has 5 heteroatoms. The molecule has 2 heterocycles. The second-order valence-corrected chi connectivity index (χ2v) is 4.32. The normalized spacial score (nSPS) is 10.8. The number of nitrogens with zero attached hydrogens (tertiary/aromatic N) is 3. The van der Waals surface area contributed by atoms with Crippen molar-refractivity contribution in [3.63, 3.8) is 0 Å². The van der Waals surface area contributed by atoms with E-state index in [4.69, 9.17) is 0 Å². The molecule has 18 heavy (non-hydrogen) atoms. The lowest BCUT2D eigenvalue weighted by molar-refractivity contribution is 0.0788. The van der Waals surface area contributed by atoms with Crippen LogP contribution in [0.3, 0.4) is 0 Å². The van der Waals surface area contributed by atoms with Crippen molar-refractivity contribution in [1.29, 1.82) is 0 Å². The topological polar surface area (TPSA) is 37.6 Å². The number of halogens is 1.